The molecule has 0 aromatic rings. The third-order valence-electron chi connectivity index (χ3n) is 3.63. The van der Waals surface area contributed by atoms with E-state index in [1.165, 1.54) is 56.0 Å². The van der Waals surface area contributed by atoms with E-state index < -0.39 is 0 Å². The van der Waals surface area contributed by atoms with Crippen molar-refractivity contribution >= 4 is 22.6 Å². The van der Waals surface area contributed by atoms with Crippen molar-refractivity contribution in [3.63, 3.8) is 0 Å². The minimum Gasteiger partial charge on any atom is -0.297 e. The summed E-state index contributed by atoms with van der Waals surface area (Å²) in [5.41, 5.74) is 0.686. The number of alkyl halides is 1. The topological polar surface area (TPSA) is 3.24 Å². The summed E-state index contributed by atoms with van der Waals surface area (Å²) in [6.45, 7) is 2.71. The first kappa shape index (κ1) is 9.25. The molecule has 0 radical (unpaired) electrons. The Morgan fingerprint density at radius 1 is 1.08 bits per heavy atom. The van der Waals surface area contributed by atoms with E-state index in [1.54, 1.807) is 0 Å². The molecule has 2 rings (SSSR count). The van der Waals surface area contributed by atoms with Gasteiger partial charge in [0.15, 0.2) is 0 Å². The molecule has 2 heteroatoms. The van der Waals surface area contributed by atoms with Gasteiger partial charge in [-0.2, -0.15) is 0 Å². The van der Waals surface area contributed by atoms with E-state index in [2.05, 4.69) is 27.5 Å². The van der Waals surface area contributed by atoms with Crippen LogP contribution in [0.4, 0.5) is 0 Å². The Bertz CT molecular complexity index is 146. The van der Waals surface area contributed by atoms with Gasteiger partial charge in [0, 0.05) is 16.5 Å². The van der Waals surface area contributed by atoms with Crippen molar-refractivity contribution in [2.24, 2.45) is 0 Å². The molecule has 0 N–H and O–H groups in total. The molecule has 70 valence electrons. The van der Waals surface area contributed by atoms with Gasteiger partial charge in [-0.15, -0.1) is 0 Å². The van der Waals surface area contributed by atoms with Crippen LogP contribution in [0.15, 0.2) is 0 Å². The zero-order valence-corrected chi connectivity index (χ0v) is 9.85. The molecular weight excluding hydrogens is 261 g/mol. The van der Waals surface area contributed by atoms with E-state index in [1.807, 2.05) is 0 Å². The summed E-state index contributed by atoms with van der Waals surface area (Å²) in [7, 11) is 0. The van der Waals surface area contributed by atoms with Crippen LogP contribution in [0.25, 0.3) is 0 Å². The van der Waals surface area contributed by atoms with Crippen LogP contribution in [0.5, 0.6) is 0 Å². The largest absolute Gasteiger partial charge is 0.297 e. The highest BCUT2D eigenvalue weighted by molar-refractivity contribution is 14.1. The normalized spacial score (nSPS) is 28.8. The van der Waals surface area contributed by atoms with E-state index >= 15 is 0 Å². The van der Waals surface area contributed by atoms with Crippen molar-refractivity contribution in [1.29, 1.82) is 0 Å². The molecule has 0 atom stereocenters. The molecule has 1 heterocycles. The summed E-state index contributed by atoms with van der Waals surface area (Å²) in [5, 5.41) is 0. The third-order valence-corrected chi connectivity index (χ3v) is 4.11. The van der Waals surface area contributed by atoms with Gasteiger partial charge in [0.25, 0.3) is 0 Å². The predicted molar refractivity (Wildman–Crippen MR) is 60.9 cm³/mol. The lowest BCUT2D eigenvalue weighted by Gasteiger charge is -2.34. The molecule has 0 bridgehead atoms. The summed E-state index contributed by atoms with van der Waals surface area (Å²) in [6.07, 6.45) is 8.89. The molecular formula is C10H18IN. The van der Waals surface area contributed by atoms with E-state index in [-0.39, 0.29) is 0 Å². The summed E-state index contributed by atoms with van der Waals surface area (Å²) >= 11 is 2.51. The van der Waals surface area contributed by atoms with Crippen LogP contribution >= 0.6 is 22.6 Å². The Hall–Kier alpha value is 0.690. The third kappa shape index (κ3) is 1.52. The van der Waals surface area contributed by atoms with Crippen molar-refractivity contribution < 1.29 is 0 Å². The Morgan fingerprint density at radius 3 is 2.42 bits per heavy atom. The van der Waals surface area contributed by atoms with Crippen molar-refractivity contribution in [1.82, 2.24) is 4.90 Å². The van der Waals surface area contributed by atoms with Gasteiger partial charge >= 0.3 is 0 Å². The van der Waals surface area contributed by atoms with E-state index in [4.69, 9.17) is 0 Å². The van der Waals surface area contributed by atoms with Crippen LogP contribution in [0.3, 0.4) is 0 Å². The molecule has 2 fully saturated rings. The number of halogens is 1. The van der Waals surface area contributed by atoms with Gasteiger partial charge in [0.1, 0.15) is 0 Å². The number of likely N-dealkylation sites (tertiary alicyclic amines) is 1. The second kappa shape index (κ2) is 3.82. The number of nitrogens with zero attached hydrogens (tertiary/aromatic N) is 1. The molecule has 0 amide bonds. The van der Waals surface area contributed by atoms with Crippen LogP contribution in [-0.2, 0) is 0 Å². The second-order valence-corrected chi connectivity index (χ2v) is 5.29. The SMILES string of the molecule is ICCN1CCCC12CCCC2. The summed E-state index contributed by atoms with van der Waals surface area (Å²) < 4.78 is 1.31. The molecule has 1 spiro atoms. The first-order chi connectivity index (χ1) is 5.87. The highest BCUT2D eigenvalue weighted by Gasteiger charge is 2.41. The van der Waals surface area contributed by atoms with Gasteiger partial charge in [-0.3, -0.25) is 4.90 Å². The molecule has 1 saturated heterocycles. The molecule has 1 aliphatic carbocycles. The van der Waals surface area contributed by atoms with Crippen LogP contribution in [-0.4, -0.2) is 28.0 Å². The fourth-order valence-corrected chi connectivity index (χ4v) is 3.63. The van der Waals surface area contributed by atoms with Gasteiger partial charge in [0.2, 0.25) is 0 Å². The van der Waals surface area contributed by atoms with Crippen LogP contribution in [0.1, 0.15) is 38.5 Å². The highest BCUT2D eigenvalue weighted by atomic mass is 127. The van der Waals surface area contributed by atoms with Gasteiger partial charge in [0.05, 0.1) is 0 Å². The number of rotatable bonds is 2. The quantitative estimate of drug-likeness (QED) is 0.555. The molecule has 0 aromatic carbocycles. The highest BCUT2D eigenvalue weighted by Crippen LogP contribution is 2.42. The number of hydrogen-bond acceptors (Lipinski definition) is 1. The summed E-state index contributed by atoms with van der Waals surface area (Å²) in [5.74, 6) is 0. The second-order valence-electron chi connectivity index (χ2n) is 4.21. The fourth-order valence-electron chi connectivity index (χ4n) is 3.04. The predicted octanol–water partition coefficient (Wildman–Crippen LogP) is 2.83. The first-order valence-electron chi connectivity index (χ1n) is 5.18. The Labute approximate surface area is 89.0 Å². The lowest BCUT2D eigenvalue weighted by atomic mass is 9.94. The number of hydrogen-bond donors (Lipinski definition) is 0. The fraction of sp³-hybridized carbons (Fsp3) is 1.00. The maximum atomic E-state index is 2.77. The van der Waals surface area contributed by atoms with Crippen LogP contribution in [0, 0.1) is 0 Å². The van der Waals surface area contributed by atoms with E-state index in [9.17, 15) is 0 Å². The lowest BCUT2D eigenvalue weighted by molar-refractivity contribution is 0.154. The summed E-state index contributed by atoms with van der Waals surface area (Å²) in [4.78, 5) is 2.77. The molecule has 0 aromatic heterocycles. The lowest BCUT2D eigenvalue weighted by Crippen LogP contribution is -2.42. The first-order valence-corrected chi connectivity index (χ1v) is 6.71. The van der Waals surface area contributed by atoms with Gasteiger partial charge < -0.3 is 0 Å². The average molecular weight is 279 g/mol. The minimum absolute atomic E-state index is 0.686. The zero-order valence-electron chi connectivity index (χ0n) is 7.69. The molecule has 1 aliphatic heterocycles. The molecule has 1 saturated carbocycles. The Morgan fingerprint density at radius 2 is 1.75 bits per heavy atom. The van der Waals surface area contributed by atoms with Crippen LogP contribution in [0.2, 0.25) is 0 Å². The maximum Gasteiger partial charge on any atom is 0.0210 e. The van der Waals surface area contributed by atoms with Gasteiger partial charge in [-0.05, 0) is 32.2 Å². The smallest absolute Gasteiger partial charge is 0.0210 e. The Balaban J connectivity index is 2.01. The molecule has 2 aliphatic rings. The monoisotopic (exact) mass is 279 g/mol. The van der Waals surface area contributed by atoms with Crippen molar-refractivity contribution in [2.45, 2.75) is 44.1 Å². The van der Waals surface area contributed by atoms with Crippen molar-refractivity contribution in [3.05, 3.63) is 0 Å². The standard InChI is InChI=1S/C10H18IN/c11-7-9-12-8-3-6-10(12)4-1-2-5-10/h1-9H2. The van der Waals surface area contributed by atoms with Crippen LogP contribution < -0.4 is 0 Å². The zero-order chi connectivity index (χ0) is 8.44. The molecule has 0 unspecified atom stereocenters. The summed E-state index contributed by atoms with van der Waals surface area (Å²) in [6, 6.07) is 0. The molecule has 12 heavy (non-hydrogen) atoms. The van der Waals surface area contributed by atoms with Gasteiger partial charge in [-0.1, -0.05) is 35.4 Å². The van der Waals surface area contributed by atoms with E-state index in [0.29, 0.717) is 5.54 Å². The van der Waals surface area contributed by atoms with E-state index in [0.717, 1.165) is 0 Å². The van der Waals surface area contributed by atoms with Crippen molar-refractivity contribution in [2.75, 3.05) is 17.5 Å². The Kier molecular flexibility index (Phi) is 2.95. The molecule has 1 nitrogen and oxygen atoms in total. The minimum atomic E-state index is 0.686. The maximum absolute atomic E-state index is 2.77. The van der Waals surface area contributed by atoms with Gasteiger partial charge in [-0.25, -0.2) is 0 Å². The van der Waals surface area contributed by atoms with Crippen molar-refractivity contribution in [3.8, 4) is 0 Å². The average Bonchev–Trinajstić information content (AvgIpc) is 2.66.